The van der Waals surface area contributed by atoms with Crippen LogP contribution in [0.25, 0.3) is 16.6 Å². The number of carbonyl (C=O) groups excluding carboxylic acids is 1. The molecule has 0 unspecified atom stereocenters. The molecule has 1 amide bonds. The molecule has 0 radical (unpaired) electrons. The molecule has 0 atom stereocenters. The number of nitrogens with zero attached hydrogens (tertiary/aromatic N) is 2. The summed E-state index contributed by atoms with van der Waals surface area (Å²) >= 11 is 0. The zero-order valence-electron chi connectivity index (χ0n) is 16.6. The molecule has 152 valence electrons. The largest absolute Gasteiger partial charge is 0.497 e. The van der Waals surface area contributed by atoms with Crippen LogP contribution in [-0.2, 0) is 6.54 Å². The van der Waals surface area contributed by atoms with Crippen LogP contribution in [0.15, 0.2) is 66.9 Å². The van der Waals surface area contributed by atoms with Crippen LogP contribution in [0.2, 0.25) is 0 Å². The molecule has 0 saturated heterocycles. The van der Waals surface area contributed by atoms with Gasteiger partial charge in [-0.3, -0.25) is 4.79 Å². The molecule has 0 aliphatic heterocycles. The molecule has 6 nitrogen and oxygen atoms in total. The summed E-state index contributed by atoms with van der Waals surface area (Å²) in [6.07, 6.45) is 1.64. The van der Waals surface area contributed by atoms with E-state index in [-0.39, 0.29) is 11.7 Å². The van der Waals surface area contributed by atoms with Gasteiger partial charge >= 0.3 is 0 Å². The lowest BCUT2D eigenvalue weighted by Gasteiger charge is -2.12. The Labute approximate surface area is 172 Å². The number of carbonyl (C=O) groups is 1. The summed E-state index contributed by atoms with van der Waals surface area (Å²) in [5.41, 5.74) is 2.82. The molecule has 0 fully saturated rings. The molecule has 4 rings (SSSR count). The normalized spacial score (nSPS) is 10.8. The Morgan fingerprint density at radius 1 is 1.07 bits per heavy atom. The molecule has 4 aromatic rings. The van der Waals surface area contributed by atoms with Crippen LogP contribution in [0, 0.1) is 5.82 Å². The molecule has 0 aliphatic rings. The van der Waals surface area contributed by atoms with Gasteiger partial charge in [0, 0.05) is 23.6 Å². The Morgan fingerprint density at radius 3 is 2.60 bits per heavy atom. The number of aromatic nitrogens is 2. The summed E-state index contributed by atoms with van der Waals surface area (Å²) in [6.45, 7) is 0.300. The van der Waals surface area contributed by atoms with E-state index < -0.39 is 0 Å². The van der Waals surface area contributed by atoms with Crippen molar-refractivity contribution in [3.05, 3.63) is 83.8 Å². The van der Waals surface area contributed by atoms with Crippen LogP contribution in [0.1, 0.15) is 15.9 Å². The van der Waals surface area contributed by atoms with Gasteiger partial charge in [0.2, 0.25) is 0 Å². The Hall–Kier alpha value is -3.87. The number of amides is 1. The number of methoxy groups -OCH3 is 2. The third-order valence-electron chi connectivity index (χ3n) is 4.86. The average molecular weight is 405 g/mol. The summed E-state index contributed by atoms with van der Waals surface area (Å²) in [7, 11) is 3.16. The van der Waals surface area contributed by atoms with E-state index in [9.17, 15) is 9.18 Å². The van der Waals surface area contributed by atoms with Gasteiger partial charge in [0.05, 0.1) is 37.2 Å². The van der Waals surface area contributed by atoms with Gasteiger partial charge in [-0.15, -0.1) is 0 Å². The van der Waals surface area contributed by atoms with E-state index in [2.05, 4.69) is 10.4 Å². The Bertz CT molecular complexity index is 1200. The molecule has 1 heterocycles. The standard InChI is InChI=1S/C23H20FN3O3/c1-29-18-11-6-15(22(12-18)30-2)13-25-23(28)19-4-3-5-21-20(19)14-26-27(21)17-9-7-16(24)8-10-17/h3-12,14H,13H2,1-2H3,(H,25,28). The first-order valence-electron chi connectivity index (χ1n) is 9.32. The molecule has 0 saturated carbocycles. The third-order valence-corrected chi connectivity index (χ3v) is 4.86. The first-order valence-corrected chi connectivity index (χ1v) is 9.32. The lowest BCUT2D eigenvalue weighted by atomic mass is 10.1. The Balaban J connectivity index is 1.59. The van der Waals surface area contributed by atoms with Gasteiger partial charge < -0.3 is 14.8 Å². The van der Waals surface area contributed by atoms with Gasteiger partial charge in [-0.25, -0.2) is 9.07 Å². The molecule has 30 heavy (non-hydrogen) atoms. The molecular weight excluding hydrogens is 385 g/mol. The SMILES string of the molecule is COc1ccc(CNC(=O)c2cccc3c2cnn3-c2ccc(F)cc2)c(OC)c1. The molecule has 1 aromatic heterocycles. The topological polar surface area (TPSA) is 65.4 Å². The van der Waals surface area contributed by atoms with E-state index >= 15 is 0 Å². The number of ether oxygens (including phenoxy) is 2. The predicted octanol–water partition coefficient (Wildman–Crippen LogP) is 4.11. The summed E-state index contributed by atoms with van der Waals surface area (Å²) in [5, 5.41) is 8.02. The molecule has 1 N–H and O–H groups in total. The summed E-state index contributed by atoms with van der Waals surface area (Å²) in [6, 6.07) is 16.9. The minimum atomic E-state index is -0.316. The van der Waals surface area contributed by atoms with Crippen molar-refractivity contribution in [2.24, 2.45) is 0 Å². The maximum Gasteiger partial charge on any atom is 0.252 e. The predicted molar refractivity (Wildman–Crippen MR) is 112 cm³/mol. The van der Waals surface area contributed by atoms with Gasteiger partial charge in [-0.1, -0.05) is 6.07 Å². The van der Waals surface area contributed by atoms with Crippen LogP contribution < -0.4 is 14.8 Å². The fourth-order valence-electron chi connectivity index (χ4n) is 3.31. The number of rotatable bonds is 6. The van der Waals surface area contributed by atoms with Crippen molar-refractivity contribution in [1.82, 2.24) is 15.1 Å². The van der Waals surface area contributed by atoms with E-state index in [0.717, 1.165) is 11.1 Å². The maximum atomic E-state index is 13.2. The van der Waals surface area contributed by atoms with Crippen molar-refractivity contribution >= 4 is 16.8 Å². The number of hydrogen-bond donors (Lipinski definition) is 1. The lowest BCUT2D eigenvalue weighted by molar-refractivity contribution is 0.0952. The van der Waals surface area contributed by atoms with Crippen LogP contribution in [-0.4, -0.2) is 29.9 Å². The van der Waals surface area contributed by atoms with Gasteiger partial charge in [0.25, 0.3) is 5.91 Å². The minimum Gasteiger partial charge on any atom is -0.497 e. The van der Waals surface area contributed by atoms with Gasteiger partial charge in [0.1, 0.15) is 17.3 Å². The van der Waals surface area contributed by atoms with E-state index in [1.54, 1.807) is 55.4 Å². The van der Waals surface area contributed by atoms with Crippen molar-refractivity contribution in [3.63, 3.8) is 0 Å². The maximum absolute atomic E-state index is 13.2. The van der Waals surface area contributed by atoms with E-state index in [0.29, 0.717) is 34.7 Å². The van der Waals surface area contributed by atoms with Crippen molar-refractivity contribution in [3.8, 4) is 17.2 Å². The number of halogens is 1. The van der Waals surface area contributed by atoms with Crippen molar-refractivity contribution in [2.45, 2.75) is 6.54 Å². The number of benzene rings is 3. The fourth-order valence-corrected chi connectivity index (χ4v) is 3.31. The molecule has 3 aromatic carbocycles. The Morgan fingerprint density at radius 2 is 1.87 bits per heavy atom. The van der Waals surface area contributed by atoms with E-state index in [1.165, 1.54) is 12.1 Å². The van der Waals surface area contributed by atoms with E-state index in [1.807, 2.05) is 18.2 Å². The highest BCUT2D eigenvalue weighted by Gasteiger charge is 2.15. The summed E-state index contributed by atoms with van der Waals surface area (Å²) < 4.78 is 25.5. The van der Waals surface area contributed by atoms with Gasteiger partial charge in [0.15, 0.2) is 0 Å². The van der Waals surface area contributed by atoms with Crippen molar-refractivity contribution in [2.75, 3.05) is 14.2 Å². The third kappa shape index (κ3) is 3.69. The first kappa shape index (κ1) is 19.4. The van der Waals surface area contributed by atoms with Crippen LogP contribution >= 0.6 is 0 Å². The zero-order chi connectivity index (χ0) is 21.1. The van der Waals surface area contributed by atoms with E-state index in [4.69, 9.17) is 9.47 Å². The molecular formula is C23H20FN3O3. The lowest BCUT2D eigenvalue weighted by Crippen LogP contribution is -2.23. The van der Waals surface area contributed by atoms with Crippen LogP contribution in [0.3, 0.4) is 0 Å². The number of nitrogens with one attached hydrogen (secondary N) is 1. The average Bonchev–Trinajstić information content (AvgIpc) is 3.22. The molecule has 0 bridgehead atoms. The quantitative estimate of drug-likeness (QED) is 0.524. The molecule has 0 aliphatic carbocycles. The van der Waals surface area contributed by atoms with Crippen LogP contribution in [0.4, 0.5) is 4.39 Å². The summed E-state index contributed by atoms with van der Waals surface area (Å²) in [5.74, 6) is 0.776. The van der Waals surface area contributed by atoms with Crippen LogP contribution in [0.5, 0.6) is 11.5 Å². The highest BCUT2D eigenvalue weighted by Crippen LogP contribution is 2.25. The second kappa shape index (κ2) is 8.24. The second-order valence-corrected chi connectivity index (χ2v) is 6.63. The second-order valence-electron chi connectivity index (χ2n) is 6.63. The number of fused-ring (bicyclic) bond motifs is 1. The smallest absolute Gasteiger partial charge is 0.252 e. The molecule has 0 spiro atoms. The van der Waals surface area contributed by atoms with Crippen molar-refractivity contribution < 1.29 is 18.7 Å². The Kier molecular flexibility index (Phi) is 5.34. The summed E-state index contributed by atoms with van der Waals surface area (Å²) in [4.78, 5) is 12.9. The van der Waals surface area contributed by atoms with Crippen molar-refractivity contribution in [1.29, 1.82) is 0 Å². The highest BCUT2D eigenvalue weighted by atomic mass is 19.1. The van der Waals surface area contributed by atoms with Gasteiger partial charge in [-0.2, -0.15) is 5.10 Å². The first-order chi connectivity index (χ1) is 14.6. The fraction of sp³-hybridized carbons (Fsp3) is 0.130. The van der Waals surface area contributed by atoms with Gasteiger partial charge in [-0.05, 0) is 48.5 Å². The highest BCUT2D eigenvalue weighted by molar-refractivity contribution is 6.06. The zero-order valence-corrected chi connectivity index (χ0v) is 16.6. The minimum absolute atomic E-state index is 0.225. The number of hydrogen-bond acceptors (Lipinski definition) is 4. The monoisotopic (exact) mass is 405 g/mol. The molecule has 7 heteroatoms.